The maximum absolute atomic E-state index is 11.5. The lowest BCUT2D eigenvalue weighted by Gasteiger charge is -2.34. The second-order valence-electron chi connectivity index (χ2n) is 5.85. The number of halogens is 1. The van der Waals surface area contributed by atoms with Crippen molar-refractivity contribution in [1.29, 1.82) is 0 Å². The molecule has 2 heterocycles. The molecule has 3 rings (SSSR count). The number of carbonyl (C=O) groups excluding carboxylic acids is 1. The molecule has 1 fully saturated rings. The number of aliphatic hydroxyl groups excluding tert-OH is 1. The summed E-state index contributed by atoms with van der Waals surface area (Å²) in [5, 5.41) is 12.5. The highest BCUT2D eigenvalue weighted by Crippen LogP contribution is 2.43. The number of amides is 1. The average Bonchev–Trinajstić information content (AvgIpc) is 2.81. The number of carbonyl (C=O) groups is 1. The first-order valence-corrected chi connectivity index (χ1v) is 7.29. The van der Waals surface area contributed by atoms with Crippen molar-refractivity contribution in [2.45, 2.75) is 38.3 Å². The van der Waals surface area contributed by atoms with Crippen LogP contribution >= 0.6 is 15.9 Å². The zero-order chi connectivity index (χ0) is 13.8. The maximum atomic E-state index is 11.5. The molecular weight excluding hydrogens is 308 g/mol. The van der Waals surface area contributed by atoms with Gasteiger partial charge in [0.2, 0.25) is 0 Å². The molecule has 4 nitrogen and oxygen atoms in total. The van der Waals surface area contributed by atoms with Gasteiger partial charge in [-0.1, -0.05) is 0 Å². The molecule has 0 aromatic heterocycles. The Morgan fingerprint density at radius 3 is 2.84 bits per heavy atom. The van der Waals surface area contributed by atoms with Crippen LogP contribution < -0.4 is 10.2 Å². The molecule has 2 aliphatic rings. The van der Waals surface area contributed by atoms with Gasteiger partial charge in [0.1, 0.15) is 0 Å². The van der Waals surface area contributed by atoms with Crippen LogP contribution in [0.4, 0.5) is 11.4 Å². The van der Waals surface area contributed by atoms with Crippen molar-refractivity contribution in [2.24, 2.45) is 0 Å². The third-order valence-electron chi connectivity index (χ3n) is 4.11. The number of anilines is 2. The van der Waals surface area contributed by atoms with Crippen molar-refractivity contribution < 1.29 is 9.90 Å². The van der Waals surface area contributed by atoms with E-state index in [9.17, 15) is 9.90 Å². The summed E-state index contributed by atoms with van der Waals surface area (Å²) < 4.78 is 0.928. The van der Waals surface area contributed by atoms with Gasteiger partial charge < -0.3 is 15.3 Å². The Kier molecular flexibility index (Phi) is 2.87. The van der Waals surface area contributed by atoms with Gasteiger partial charge in [0, 0.05) is 27.8 Å². The number of nitrogens with zero attached hydrogens (tertiary/aromatic N) is 1. The molecule has 0 aliphatic carbocycles. The van der Waals surface area contributed by atoms with Crippen LogP contribution in [-0.4, -0.2) is 23.1 Å². The third-order valence-corrected chi connectivity index (χ3v) is 4.75. The summed E-state index contributed by atoms with van der Waals surface area (Å²) >= 11 is 3.57. The number of nitrogens with one attached hydrogen (secondary N) is 1. The first-order chi connectivity index (χ1) is 8.90. The zero-order valence-electron chi connectivity index (χ0n) is 11.0. The highest BCUT2D eigenvalue weighted by Gasteiger charge is 2.35. The van der Waals surface area contributed by atoms with Crippen LogP contribution in [0.25, 0.3) is 0 Å². The van der Waals surface area contributed by atoms with Crippen molar-refractivity contribution in [3.8, 4) is 0 Å². The normalized spacial score (nSPS) is 24.5. The van der Waals surface area contributed by atoms with Crippen molar-refractivity contribution in [2.75, 3.05) is 16.8 Å². The van der Waals surface area contributed by atoms with Gasteiger partial charge in [-0.05, 0) is 54.8 Å². The Bertz CT molecular complexity index is 557. The molecule has 0 radical (unpaired) electrons. The van der Waals surface area contributed by atoms with E-state index in [2.05, 4.69) is 40.0 Å². The van der Waals surface area contributed by atoms with Crippen molar-refractivity contribution in [3.05, 3.63) is 22.2 Å². The molecule has 102 valence electrons. The van der Waals surface area contributed by atoms with E-state index in [1.807, 2.05) is 12.1 Å². The smallest absolute Gasteiger partial charge is 0.257 e. The second kappa shape index (κ2) is 4.21. The quantitative estimate of drug-likeness (QED) is 0.835. The minimum atomic E-state index is -1.05. The summed E-state index contributed by atoms with van der Waals surface area (Å²) in [6.07, 6.45) is 1.28. The second-order valence-corrected chi connectivity index (χ2v) is 6.70. The summed E-state index contributed by atoms with van der Waals surface area (Å²) in [7, 11) is 0. The van der Waals surface area contributed by atoms with Crippen LogP contribution in [0.1, 0.15) is 38.4 Å². The predicted molar refractivity (Wildman–Crippen MR) is 78.4 cm³/mol. The lowest BCUT2D eigenvalue weighted by Crippen LogP contribution is -2.38. The fourth-order valence-corrected chi connectivity index (χ4v) is 3.59. The third kappa shape index (κ3) is 1.96. The predicted octanol–water partition coefficient (Wildman–Crippen LogP) is 2.81. The molecule has 0 saturated carbocycles. The molecule has 1 unspecified atom stereocenters. The van der Waals surface area contributed by atoms with Crippen LogP contribution in [0.3, 0.4) is 0 Å². The fourth-order valence-electron chi connectivity index (χ4n) is 3.01. The Labute approximate surface area is 120 Å². The molecular formula is C14H17BrN2O2. The van der Waals surface area contributed by atoms with Gasteiger partial charge in [-0.25, -0.2) is 0 Å². The number of hydrogen-bond acceptors (Lipinski definition) is 3. The molecule has 2 N–H and O–H groups in total. The largest absolute Gasteiger partial charge is 0.378 e. The molecule has 2 aliphatic heterocycles. The molecule has 1 atom stereocenters. The fraction of sp³-hybridized carbons (Fsp3) is 0.500. The van der Waals surface area contributed by atoms with Crippen LogP contribution in [-0.2, 0) is 4.79 Å². The number of hydrogen-bond donors (Lipinski definition) is 2. The minimum Gasteiger partial charge on any atom is -0.378 e. The summed E-state index contributed by atoms with van der Waals surface area (Å²) in [6, 6.07) is 3.81. The van der Waals surface area contributed by atoms with E-state index in [0.717, 1.165) is 28.8 Å². The van der Waals surface area contributed by atoms with Gasteiger partial charge in [-0.2, -0.15) is 0 Å². The van der Waals surface area contributed by atoms with E-state index in [4.69, 9.17) is 0 Å². The SMILES string of the molecule is CC1(C)CCCN1c1cc2c(cc1Br)C(O)C(=O)N2. The first-order valence-electron chi connectivity index (χ1n) is 6.50. The Morgan fingerprint density at radius 1 is 1.47 bits per heavy atom. The van der Waals surface area contributed by atoms with Gasteiger partial charge in [0.05, 0.1) is 5.69 Å². The number of benzene rings is 1. The Morgan fingerprint density at radius 2 is 2.21 bits per heavy atom. The molecule has 1 saturated heterocycles. The highest BCUT2D eigenvalue weighted by atomic mass is 79.9. The van der Waals surface area contributed by atoms with Crippen LogP contribution in [0, 0.1) is 0 Å². The number of aliphatic hydroxyl groups is 1. The van der Waals surface area contributed by atoms with Gasteiger partial charge in [0.15, 0.2) is 6.10 Å². The van der Waals surface area contributed by atoms with Crippen molar-refractivity contribution in [3.63, 3.8) is 0 Å². The van der Waals surface area contributed by atoms with Gasteiger partial charge >= 0.3 is 0 Å². The lowest BCUT2D eigenvalue weighted by atomic mass is 10.0. The van der Waals surface area contributed by atoms with E-state index in [0.29, 0.717) is 5.56 Å². The molecule has 1 aromatic carbocycles. The number of fused-ring (bicyclic) bond motifs is 1. The van der Waals surface area contributed by atoms with Gasteiger partial charge in [0.25, 0.3) is 5.91 Å². The van der Waals surface area contributed by atoms with Crippen LogP contribution in [0.5, 0.6) is 0 Å². The summed E-state index contributed by atoms with van der Waals surface area (Å²) in [5.74, 6) is -0.347. The molecule has 0 spiro atoms. The standard InChI is InChI=1S/C14H17BrN2O2/c1-14(2)4-3-5-17(14)11-7-10-8(6-9(11)15)12(18)13(19)16-10/h6-7,12,18H,3-5H2,1-2H3,(H,16,19). The molecule has 19 heavy (non-hydrogen) atoms. The van der Waals surface area contributed by atoms with E-state index >= 15 is 0 Å². The van der Waals surface area contributed by atoms with E-state index in [1.165, 1.54) is 6.42 Å². The van der Waals surface area contributed by atoms with E-state index < -0.39 is 6.10 Å². The van der Waals surface area contributed by atoms with Crippen molar-refractivity contribution >= 4 is 33.2 Å². The maximum Gasteiger partial charge on any atom is 0.257 e. The monoisotopic (exact) mass is 324 g/mol. The Hall–Kier alpha value is -1.07. The van der Waals surface area contributed by atoms with E-state index in [1.54, 1.807) is 0 Å². The topological polar surface area (TPSA) is 52.6 Å². The lowest BCUT2D eigenvalue weighted by molar-refractivity contribution is -0.123. The minimum absolute atomic E-state index is 0.123. The van der Waals surface area contributed by atoms with Gasteiger partial charge in [-0.15, -0.1) is 0 Å². The van der Waals surface area contributed by atoms with Gasteiger partial charge in [-0.3, -0.25) is 4.79 Å². The highest BCUT2D eigenvalue weighted by molar-refractivity contribution is 9.10. The summed E-state index contributed by atoms with van der Waals surface area (Å²) in [6.45, 7) is 5.47. The van der Waals surface area contributed by atoms with Crippen molar-refractivity contribution in [1.82, 2.24) is 0 Å². The van der Waals surface area contributed by atoms with Crippen LogP contribution in [0.15, 0.2) is 16.6 Å². The Balaban J connectivity index is 2.06. The average molecular weight is 325 g/mol. The molecule has 1 amide bonds. The summed E-state index contributed by atoms with van der Waals surface area (Å²) in [5.41, 5.74) is 2.57. The molecule has 0 bridgehead atoms. The zero-order valence-corrected chi connectivity index (χ0v) is 12.6. The summed E-state index contributed by atoms with van der Waals surface area (Å²) in [4.78, 5) is 13.9. The van der Waals surface area contributed by atoms with Crippen LogP contribution in [0.2, 0.25) is 0 Å². The molecule has 1 aromatic rings. The first kappa shape index (κ1) is 12.9. The number of rotatable bonds is 1. The molecule has 5 heteroatoms. The van der Waals surface area contributed by atoms with E-state index in [-0.39, 0.29) is 11.4 Å².